The summed E-state index contributed by atoms with van der Waals surface area (Å²) in [4.78, 5) is 17.2. The second-order valence-corrected chi connectivity index (χ2v) is 4.58. The minimum absolute atomic E-state index is 0.0696. The zero-order chi connectivity index (χ0) is 15.5. The maximum Gasteiger partial charge on any atom is 0.417 e. The van der Waals surface area contributed by atoms with Gasteiger partial charge in [0.2, 0.25) is 0 Å². The molecule has 21 heavy (non-hydrogen) atoms. The van der Waals surface area contributed by atoms with Crippen LogP contribution in [0, 0.1) is 0 Å². The molecule has 6 nitrogen and oxygen atoms in total. The lowest BCUT2D eigenvalue weighted by Gasteiger charge is -2.30. The van der Waals surface area contributed by atoms with Gasteiger partial charge in [0.05, 0.1) is 24.5 Å². The van der Waals surface area contributed by atoms with Gasteiger partial charge >= 0.3 is 6.18 Å². The minimum atomic E-state index is -4.51. The number of nitrogens with zero attached hydrogens (tertiary/aromatic N) is 2. The van der Waals surface area contributed by atoms with E-state index in [2.05, 4.69) is 25.0 Å². The van der Waals surface area contributed by atoms with E-state index in [0.29, 0.717) is 32.5 Å². The molecule has 10 heteroatoms. The van der Waals surface area contributed by atoms with Crippen molar-refractivity contribution in [2.24, 2.45) is 0 Å². The summed E-state index contributed by atoms with van der Waals surface area (Å²) in [6.45, 7) is 1.58. The van der Waals surface area contributed by atoms with Crippen LogP contribution in [0.1, 0.15) is 16.1 Å². The van der Waals surface area contributed by atoms with Gasteiger partial charge in [0.1, 0.15) is 0 Å². The molecule has 1 saturated heterocycles. The summed E-state index contributed by atoms with van der Waals surface area (Å²) in [5.74, 6) is -0.611. The van der Waals surface area contributed by atoms with E-state index in [0.717, 1.165) is 6.07 Å². The molecule has 1 unspecified atom stereocenters. The standard InChI is InChI=1S/C11H14F3N4O2P/c12-11(13,14)7-5-8(18-1-3-20-4-2-18)9(15-6-7)10(19)16-17-21/h5-6,17H,1-4,21H2,(H,16,19). The molecular formula is C11H14F3N4O2P. The van der Waals surface area contributed by atoms with Crippen LogP contribution in [0.25, 0.3) is 0 Å². The second-order valence-electron chi connectivity index (χ2n) is 4.29. The van der Waals surface area contributed by atoms with E-state index < -0.39 is 17.6 Å². The number of morpholine rings is 1. The number of ether oxygens (including phenoxy) is 1. The van der Waals surface area contributed by atoms with Crippen molar-refractivity contribution in [3.05, 3.63) is 23.5 Å². The minimum Gasteiger partial charge on any atom is -0.378 e. The van der Waals surface area contributed by atoms with Gasteiger partial charge < -0.3 is 9.64 Å². The number of pyridine rings is 1. The molecule has 0 radical (unpaired) electrons. The van der Waals surface area contributed by atoms with Crippen molar-refractivity contribution in [1.29, 1.82) is 0 Å². The molecule has 1 atom stereocenters. The first-order valence-electron chi connectivity index (χ1n) is 6.09. The maximum atomic E-state index is 12.8. The molecule has 0 spiro atoms. The Morgan fingerprint density at radius 3 is 2.62 bits per heavy atom. The van der Waals surface area contributed by atoms with Gasteiger partial charge in [-0.15, -0.1) is 0 Å². The van der Waals surface area contributed by atoms with E-state index in [9.17, 15) is 18.0 Å². The average Bonchev–Trinajstić information content (AvgIpc) is 2.47. The molecule has 0 aliphatic carbocycles. The Balaban J connectivity index is 2.41. The molecule has 0 bridgehead atoms. The number of hydrazine groups is 1. The van der Waals surface area contributed by atoms with Gasteiger partial charge in [0.25, 0.3) is 5.91 Å². The maximum absolute atomic E-state index is 12.8. The van der Waals surface area contributed by atoms with E-state index >= 15 is 0 Å². The molecule has 0 saturated carbocycles. The largest absolute Gasteiger partial charge is 0.417 e. The number of amides is 1. The monoisotopic (exact) mass is 322 g/mol. The zero-order valence-electron chi connectivity index (χ0n) is 10.9. The van der Waals surface area contributed by atoms with Crippen molar-refractivity contribution in [2.45, 2.75) is 6.18 Å². The quantitative estimate of drug-likeness (QED) is 0.641. The highest BCUT2D eigenvalue weighted by molar-refractivity contribution is 7.13. The van der Waals surface area contributed by atoms with Gasteiger partial charge in [-0.1, -0.05) is 0 Å². The van der Waals surface area contributed by atoms with Crippen molar-refractivity contribution in [3.63, 3.8) is 0 Å². The first-order chi connectivity index (χ1) is 9.93. The fraction of sp³-hybridized carbons (Fsp3) is 0.455. The first-order valence-corrected chi connectivity index (χ1v) is 6.67. The molecule has 1 aliphatic rings. The number of aromatic nitrogens is 1. The van der Waals surface area contributed by atoms with Crippen molar-refractivity contribution < 1.29 is 22.7 Å². The molecule has 1 aliphatic heterocycles. The third-order valence-electron chi connectivity index (χ3n) is 2.95. The van der Waals surface area contributed by atoms with Crippen LogP contribution in [0.2, 0.25) is 0 Å². The Labute approximate surface area is 121 Å². The van der Waals surface area contributed by atoms with E-state index in [1.54, 1.807) is 4.90 Å². The van der Waals surface area contributed by atoms with Gasteiger partial charge in [0, 0.05) is 19.3 Å². The summed E-state index contributed by atoms with van der Waals surface area (Å²) in [7, 11) is 2.06. The van der Waals surface area contributed by atoms with Gasteiger partial charge in [-0.2, -0.15) is 13.2 Å². The number of anilines is 1. The van der Waals surface area contributed by atoms with Crippen LogP contribution in [0.4, 0.5) is 18.9 Å². The second kappa shape index (κ2) is 6.55. The fourth-order valence-electron chi connectivity index (χ4n) is 1.95. The number of carbonyl (C=O) groups is 1. The van der Waals surface area contributed by atoms with Crippen LogP contribution < -0.4 is 15.5 Å². The molecule has 0 aromatic carbocycles. The lowest BCUT2D eigenvalue weighted by atomic mass is 10.1. The van der Waals surface area contributed by atoms with Crippen molar-refractivity contribution >= 4 is 21.0 Å². The van der Waals surface area contributed by atoms with E-state index in [1.807, 2.05) is 0 Å². The Hall–Kier alpha value is -1.44. The molecule has 2 N–H and O–H groups in total. The molecule has 116 valence electrons. The smallest absolute Gasteiger partial charge is 0.378 e. The number of hydrogen-bond donors (Lipinski definition) is 2. The highest BCUT2D eigenvalue weighted by Gasteiger charge is 2.33. The summed E-state index contributed by atoms with van der Waals surface area (Å²) >= 11 is 0. The summed E-state index contributed by atoms with van der Waals surface area (Å²) in [6, 6.07) is 0.941. The van der Waals surface area contributed by atoms with Crippen molar-refractivity contribution in [1.82, 2.24) is 15.6 Å². The number of rotatable bonds is 3. The summed E-state index contributed by atoms with van der Waals surface area (Å²) < 4.78 is 43.6. The molecule has 2 rings (SSSR count). The lowest BCUT2D eigenvalue weighted by Crippen LogP contribution is -2.39. The molecule has 1 aromatic rings. The molecule has 1 fully saturated rings. The van der Waals surface area contributed by atoms with Gasteiger partial charge in [0.15, 0.2) is 5.69 Å². The number of alkyl halides is 3. The van der Waals surface area contributed by atoms with Crippen LogP contribution in [0.5, 0.6) is 0 Å². The number of carbonyl (C=O) groups excluding carboxylic acids is 1. The fourth-order valence-corrected chi connectivity index (χ4v) is 2.08. The van der Waals surface area contributed by atoms with Gasteiger partial charge in [-0.05, 0) is 15.5 Å². The zero-order valence-corrected chi connectivity index (χ0v) is 12.1. The first kappa shape index (κ1) is 15.9. The summed E-state index contributed by atoms with van der Waals surface area (Å²) in [5, 5.41) is 2.35. The van der Waals surface area contributed by atoms with Gasteiger partial charge in [-0.25, -0.2) is 10.2 Å². The third kappa shape index (κ3) is 3.81. The number of nitrogens with one attached hydrogen (secondary N) is 2. The van der Waals surface area contributed by atoms with E-state index in [-0.39, 0.29) is 11.4 Å². The van der Waals surface area contributed by atoms with E-state index in [1.165, 1.54) is 0 Å². The number of hydrogen-bond acceptors (Lipinski definition) is 5. The Bertz CT molecular complexity index is 521. The van der Waals surface area contributed by atoms with Crippen LogP contribution in [-0.4, -0.2) is 37.2 Å². The van der Waals surface area contributed by atoms with Crippen LogP contribution >= 0.6 is 9.39 Å². The highest BCUT2D eigenvalue weighted by atomic mass is 31.0. The third-order valence-corrected chi connectivity index (χ3v) is 3.09. The van der Waals surface area contributed by atoms with Crippen LogP contribution in [-0.2, 0) is 10.9 Å². The number of halogens is 3. The Kier molecular flexibility index (Phi) is 4.97. The predicted octanol–water partition coefficient (Wildman–Crippen LogP) is 0.962. The van der Waals surface area contributed by atoms with E-state index in [4.69, 9.17) is 4.74 Å². The normalized spacial score (nSPS) is 15.9. The Morgan fingerprint density at radius 2 is 2.05 bits per heavy atom. The summed E-state index contributed by atoms with van der Waals surface area (Å²) in [6.07, 6.45) is -3.86. The Morgan fingerprint density at radius 1 is 1.38 bits per heavy atom. The van der Waals surface area contributed by atoms with Gasteiger partial charge in [-0.3, -0.25) is 10.2 Å². The summed E-state index contributed by atoms with van der Waals surface area (Å²) in [5.41, 5.74) is 1.46. The molecule has 1 amide bonds. The average molecular weight is 322 g/mol. The van der Waals surface area contributed by atoms with Crippen LogP contribution in [0.15, 0.2) is 12.3 Å². The van der Waals surface area contributed by atoms with Crippen LogP contribution in [0.3, 0.4) is 0 Å². The topological polar surface area (TPSA) is 66.5 Å². The highest BCUT2D eigenvalue weighted by Crippen LogP contribution is 2.32. The lowest BCUT2D eigenvalue weighted by molar-refractivity contribution is -0.137. The SMILES string of the molecule is O=C(NNP)c1ncc(C(F)(F)F)cc1N1CCOCC1. The van der Waals surface area contributed by atoms with Crippen molar-refractivity contribution in [2.75, 3.05) is 31.2 Å². The molecule has 2 heterocycles. The predicted molar refractivity (Wildman–Crippen MR) is 72.6 cm³/mol. The molecule has 1 aromatic heterocycles. The van der Waals surface area contributed by atoms with Crippen molar-refractivity contribution in [3.8, 4) is 0 Å². The molecular weight excluding hydrogens is 308 g/mol.